The van der Waals surface area contributed by atoms with E-state index in [1.165, 1.54) is 0 Å². The van der Waals surface area contributed by atoms with Crippen LogP contribution in [0.1, 0.15) is 6.42 Å². The molecule has 0 unspecified atom stereocenters. The van der Waals surface area contributed by atoms with Gasteiger partial charge in [-0.1, -0.05) is 0 Å². The van der Waals surface area contributed by atoms with Gasteiger partial charge in [-0.15, -0.1) is 0 Å². The maximum atomic E-state index is 5.65. The Kier molecular flexibility index (Phi) is 3.16. The van der Waals surface area contributed by atoms with Gasteiger partial charge in [0.15, 0.2) is 0 Å². The van der Waals surface area contributed by atoms with Crippen molar-refractivity contribution in [3.63, 3.8) is 0 Å². The van der Waals surface area contributed by atoms with Gasteiger partial charge in [0.05, 0.1) is 19.3 Å². The minimum absolute atomic E-state index is 0.248. The fraction of sp³-hybridized carbons (Fsp3) is 1.00. The molecule has 13 heavy (non-hydrogen) atoms. The smallest absolute Gasteiger partial charge is 0.0853 e. The lowest BCUT2D eigenvalue weighted by molar-refractivity contribution is -0.00436. The zero-order chi connectivity index (χ0) is 9.10. The van der Waals surface area contributed by atoms with E-state index < -0.39 is 0 Å². The summed E-state index contributed by atoms with van der Waals surface area (Å²) in [7, 11) is 0. The molecule has 2 aliphatic heterocycles. The summed E-state index contributed by atoms with van der Waals surface area (Å²) in [5.41, 5.74) is 5.65. The fourth-order valence-electron chi connectivity index (χ4n) is 2.19. The van der Waals surface area contributed by atoms with E-state index in [4.69, 9.17) is 15.2 Å². The molecule has 76 valence electrons. The molecule has 0 aromatic heterocycles. The molecule has 0 amide bonds. The molecule has 0 aromatic carbocycles. The van der Waals surface area contributed by atoms with E-state index in [1.807, 2.05) is 0 Å². The summed E-state index contributed by atoms with van der Waals surface area (Å²) in [6.07, 6.45) is 1.38. The Morgan fingerprint density at radius 3 is 2.69 bits per heavy atom. The first-order chi connectivity index (χ1) is 6.42. The maximum absolute atomic E-state index is 5.65. The maximum Gasteiger partial charge on any atom is 0.0853 e. The summed E-state index contributed by atoms with van der Waals surface area (Å²) in [4.78, 5) is 2.45. The van der Waals surface area contributed by atoms with E-state index in [1.54, 1.807) is 0 Å². The molecule has 2 rings (SSSR count). The standard InChI is InChI=1S/C9H18N2O2/c10-7-9-8(1-4-13-9)11-2-5-12-6-3-11/h8-9H,1-7,10H2/t8-,9-/m1/s1. The van der Waals surface area contributed by atoms with Gasteiger partial charge >= 0.3 is 0 Å². The molecule has 2 fully saturated rings. The average molecular weight is 186 g/mol. The Labute approximate surface area is 79.0 Å². The highest BCUT2D eigenvalue weighted by Crippen LogP contribution is 2.19. The van der Waals surface area contributed by atoms with Gasteiger partial charge in [-0.3, -0.25) is 4.90 Å². The Bertz CT molecular complexity index is 160. The van der Waals surface area contributed by atoms with Crippen molar-refractivity contribution in [2.45, 2.75) is 18.6 Å². The van der Waals surface area contributed by atoms with E-state index in [2.05, 4.69) is 4.90 Å². The van der Waals surface area contributed by atoms with Crippen molar-refractivity contribution in [3.05, 3.63) is 0 Å². The highest BCUT2D eigenvalue weighted by atomic mass is 16.5. The second kappa shape index (κ2) is 4.37. The number of nitrogens with two attached hydrogens (primary N) is 1. The number of hydrogen-bond acceptors (Lipinski definition) is 4. The van der Waals surface area contributed by atoms with Gasteiger partial charge in [0.25, 0.3) is 0 Å². The lowest BCUT2D eigenvalue weighted by Crippen LogP contribution is -2.48. The van der Waals surface area contributed by atoms with E-state index in [0.29, 0.717) is 12.6 Å². The number of hydrogen-bond donors (Lipinski definition) is 1. The van der Waals surface area contributed by atoms with Crippen LogP contribution >= 0.6 is 0 Å². The van der Waals surface area contributed by atoms with Crippen molar-refractivity contribution < 1.29 is 9.47 Å². The molecule has 2 N–H and O–H groups in total. The van der Waals surface area contributed by atoms with Crippen LogP contribution in [-0.2, 0) is 9.47 Å². The van der Waals surface area contributed by atoms with Crippen LogP contribution in [0.2, 0.25) is 0 Å². The molecule has 4 heteroatoms. The Hall–Kier alpha value is -0.160. The van der Waals surface area contributed by atoms with Gasteiger partial charge in [-0.2, -0.15) is 0 Å². The first kappa shape index (κ1) is 9.40. The molecule has 0 bridgehead atoms. The minimum Gasteiger partial charge on any atom is -0.379 e. The summed E-state index contributed by atoms with van der Waals surface area (Å²) < 4.78 is 10.9. The van der Waals surface area contributed by atoms with Crippen LogP contribution in [-0.4, -0.2) is 56.5 Å². The van der Waals surface area contributed by atoms with E-state index in [-0.39, 0.29) is 6.10 Å². The average Bonchev–Trinajstić information content (AvgIpc) is 2.67. The highest BCUT2D eigenvalue weighted by molar-refractivity contribution is 4.86. The number of ether oxygens (including phenoxy) is 2. The third-order valence-electron chi connectivity index (χ3n) is 2.92. The van der Waals surface area contributed by atoms with Gasteiger partial charge in [0, 0.05) is 32.3 Å². The molecule has 0 saturated carbocycles. The Morgan fingerprint density at radius 2 is 2.00 bits per heavy atom. The first-order valence-electron chi connectivity index (χ1n) is 5.05. The summed E-state index contributed by atoms with van der Waals surface area (Å²) >= 11 is 0. The van der Waals surface area contributed by atoms with Crippen LogP contribution in [0.4, 0.5) is 0 Å². The number of nitrogens with zero attached hydrogens (tertiary/aromatic N) is 1. The Balaban J connectivity index is 1.90. The predicted octanol–water partition coefficient (Wildman–Crippen LogP) is -0.565. The van der Waals surface area contributed by atoms with Crippen molar-refractivity contribution in [2.24, 2.45) is 5.73 Å². The minimum atomic E-state index is 0.248. The third kappa shape index (κ3) is 2.02. The molecule has 2 atom stereocenters. The summed E-state index contributed by atoms with van der Waals surface area (Å²) in [5.74, 6) is 0. The van der Waals surface area contributed by atoms with Crippen molar-refractivity contribution in [3.8, 4) is 0 Å². The monoisotopic (exact) mass is 186 g/mol. The lowest BCUT2D eigenvalue weighted by atomic mass is 10.1. The zero-order valence-corrected chi connectivity index (χ0v) is 7.95. The van der Waals surface area contributed by atoms with Crippen LogP contribution in [0.15, 0.2) is 0 Å². The third-order valence-corrected chi connectivity index (χ3v) is 2.92. The van der Waals surface area contributed by atoms with Crippen LogP contribution in [0.3, 0.4) is 0 Å². The number of morpholine rings is 1. The summed E-state index contributed by atoms with van der Waals surface area (Å²) in [6.45, 7) is 5.28. The van der Waals surface area contributed by atoms with Crippen molar-refractivity contribution in [1.29, 1.82) is 0 Å². The van der Waals surface area contributed by atoms with E-state index in [9.17, 15) is 0 Å². The molecule has 0 aliphatic carbocycles. The molecule has 2 saturated heterocycles. The summed E-state index contributed by atoms with van der Waals surface area (Å²) in [6, 6.07) is 0.536. The van der Waals surface area contributed by atoms with Crippen LogP contribution in [0.5, 0.6) is 0 Å². The van der Waals surface area contributed by atoms with Gasteiger partial charge in [-0.25, -0.2) is 0 Å². The van der Waals surface area contributed by atoms with E-state index >= 15 is 0 Å². The van der Waals surface area contributed by atoms with Gasteiger partial charge in [-0.05, 0) is 6.42 Å². The second-order valence-electron chi connectivity index (χ2n) is 3.65. The SMILES string of the molecule is NC[C@H]1OCC[C@H]1N1CCOCC1. The van der Waals surface area contributed by atoms with E-state index in [0.717, 1.165) is 39.3 Å². The molecule has 4 nitrogen and oxygen atoms in total. The van der Waals surface area contributed by atoms with Crippen LogP contribution in [0.25, 0.3) is 0 Å². The Morgan fingerprint density at radius 1 is 1.23 bits per heavy atom. The molecule has 2 aliphatic rings. The van der Waals surface area contributed by atoms with Crippen molar-refractivity contribution >= 4 is 0 Å². The first-order valence-corrected chi connectivity index (χ1v) is 5.05. The highest BCUT2D eigenvalue weighted by Gasteiger charge is 2.32. The number of rotatable bonds is 2. The van der Waals surface area contributed by atoms with Crippen molar-refractivity contribution in [2.75, 3.05) is 39.5 Å². The second-order valence-corrected chi connectivity index (χ2v) is 3.65. The zero-order valence-electron chi connectivity index (χ0n) is 7.95. The van der Waals surface area contributed by atoms with Crippen LogP contribution in [0, 0.1) is 0 Å². The topological polar surface area (TPSA) is 47.7 Å². The summed E-state index contributed by atoms with van der Waals surface area (Å²) in [5, 5.41) is 0. The molecular weight excluding hydrogens is 168 g/mol. The fourth-order valence-corrected chi connectivity index (χ4v) is 2.19. The normalized spacial score (nSPS) is 36.7. The lowest BCUT2D eigenvalue weighted by Gasteiger charge is -2.34. The molecular formula is C9H18N2O2. The van der Waals surface area contributed by atoms with Crippen molar-refractivity contribution in [1.82, 2.24) is 4.90 Å². The van der Waals surface area contributed by atoms with Gasteiger partial charge < -0.3 is 15.2 Å². The quantitative estimate of drug-likeness (QED) is 0.627. The molecule has 0 spiro atoms. The van der Waals surface area contributed by atoms with Gasteiger partial charge in [0.2, 0.25) is 0 Å². The van der Waals surface area contributed by atoms with Gasteiger partial charge in [0.1, 0.15) is 0 Å². The molecule has 2 heterocycles. The largest absolute Gasteiger partial charge is 0.379 e. The van der Waals surface area contributed by atoms with Crippen LogP contribution < -0.4 is 5.73 Å². The predicted molar refractivity (Wildman–Crippen MR) is 49.6 cm³/mol. The molecule has 0 aromatic rings. The molecule has 0 radical (unpaired) electrons.